The molecule has 0 atom stereocenters. The molecule has 316 valence electrons. The second-order valence-electron chi connectivity index (χ2n) is 11.7. The van der Waals surface area contributed by atoms with E-state index in [4.69, 9.17) is 61.6 Å². The highest BCUT2D eigenvalue weighted by atomic mass is 16.6. The molecule has 1 aromatic carbocycles. The summed E-state index contributed by atoms with van der Waals surface area (Å²) in [7, 11) is 0. The highest BCUT2D eigenvalue weighted by Gasteiger charge is 2.07. The van der Waals surface area contributed by atoms with Crippen molar-refractivity contribution in [3.8, 4) is 0 Å². The summed E-state index contributed by atoms with van der Waals surface area (Å²) in [6, 6.07) is 7.29. The lowest BCUT2D eigenvalue weighted by Crippen LogP contribution is -2.16. The molecule has 0 saturated heterocycles. The lowest BCUT2D eigenvalue weighted by molar-refractivity contribution is -0.0288. The van der Waals surface area contributed by atoms with Crippen LogP contribution in [0.3, 0.4) is 0 Å². The molecule has 0 radical (unpaired) electrons. The normalized spacial score (nSPS) is 11.4. The maximum Gasteiger partial charge on any atom is 0.338 e. The monoisotopic (exact) mass is 777 g/mol. The standard InChI is InChI=1S/C39H71NO14/c1-3-5-11-40-38-9-7-37(8-10-38)39(41)54-36-35-53-34-33-52-32-31-51-30-29-50-28-27-49-26-25-48-24-23-47-22-21-46-20-19-45-18-17-44-16-15-43-14-13-42-12-6-4-2/h7-10,40H,3-6,11-36H2,1-2H3. The minimum absolute atomic E-state index is 0.189. The molecule has 1 rings (SSSR count). The number of unbranched alkanes of at least 4 members (excludes halogenated alkanes) is 2. The van der Waals surface area contributed by atoms with Gasteiger partial charge in [-0.1, -0.05) is 26.7 Å². The summed E-state index contributed by atoms with van der Waals surface area (Å²) < 4.78 is 71.0. The summed E-state index contributed by atoms with van der Waals surface area (Å²) in [5.74, 6) is -0.362. The number of hydrogen-bond donors (Lipinski definition) is 1. The topological polar surface area (TPSA) is 149 Å². The van der Waals surface area contributed by atoms with E-state index in [2.05, 4.69) is 19.2 Å². The van der Waals surface area contributed by atoms with Crippen LogP contribution in [0.4, 0.5) is 5.69 Å². The first-order valence-corrected chi connectivity index (χ1v) is 19.7. The van der Waals surface area contributed by atoms with E-state index in [0.29, 0.717) is 158 Å². The van der Waals surface area contributed by atoms with Crippen molar-refractivity contribution in [2.45, 2.75) is 39.5 Å². The van der Waals surface area contributed by atoms with Crippen LogP contribution in [0.25, 0.3) is 0 Å². The van der Waals surface area contributed by atoms with Gasteiger partial charge in [-0.05, 0) is 37.1 Å². The molecule has 54 heavy (non-hydrogen) atoms. The molecule has 0 amide bonds. The minimum Gasteiger partial charge on any atom is -0.460 e. The highest BCUT2D eigenvalue weighted by Crippen LogP contribution is 2.11. The number of esters is 1. The first-order chi connectivity index (χ1) is 26.8. The molecule has 0 aliphatic heterocycles. The van der Waals surface area contributed by atoms with Crippen molar-refractivity contribution in [3.63, 3.8) is 0 Å². The zero-order chi connectivity index (χ0) is 38.7. The van der Waals surface area contributed by atoms with Gasteiger partial charge >= 0.3 is 5.97 Å². The Bertz CT molecular complexity index is 899. The molecule has 0 spiro atoms. The zero-order valence-electron chi connectivity index (χ0n) is 33.2. The number of hydrogen-bond acceptors (Lipinski definition) is 15. The molecule has 0 aromatic heterocycles. The summed E-state index contributed by atoms with van der Waals surface area (Å²) >= 11 is 0. The van der Waals surface area contributed by atoms with Gasteiger partial charge < -0.3 is 66.9 Å². The van der Waals surface area contributed by atoms with Gasteiger partial charge in [-0.25, -0.2) is 4.79 Å². The average molecular weight is 778 g/mol. The van der Waals surface area contributed by atoms with Crippen molar-refractivity contribution in [2.24, 2.45) is 0 Å². The molecule has 0 bridgehead atoms. The fourth-order valence-corrected chi connectivity index (χ4v) is 4.18. The fraction of sp³-hybridized carbons (Fsp3) is 0.821. The molecule has 15 heteroatoms. The first kappa shape index (κ1) is 50.0. The van der Waals surface area contributed by atoms with E-state index < -0.39 is 0 Å². The number of carbonyl (C=O) groups is 1. The molecule has 1 aromatic rings. The van der Waals surface area contributed by atoms with Crippen LogP contribution in [-0.4, -0.2) is 178 Å². The summed E-state index contributed by atoms with van der Waals surface area (Å²) in [5.41, 5.74) is 1.51. The van der Waals surface area contributed by atoms with Crippen molar-refractivity contribution in [3.05, 3.63) is 29.8 Å². The molecular weight excluding hydrogens is 706 g/mol. The number of nitrogens with one attached hydrogen (secondary N) is 1. The lowest BCUT2D eigenvalue weighted by atomic mass is 10.2. The molecule has 1 N–H and O–H groups in total. The summed E-state index contributed by atoms with van der Waals surface area (Å²) in [6.07, 6.45) is 4.47. The predicted molar refractivity (Wildman–Crippen MR) is 205 cm³/mol. The Hall–Kier alpha value is -1.99. The second kappa shape index (κ2) is 42.2. The predicted octanol–water partition coefficient (Wildman–Crippen LogP) is 4.05. The molecule has 0 aliphatic carbocycles. The van der Waals surface area contributed by atoms with E-state index in [1.165, 1.54) is 0 Å². The van der Waals surface area contributed by atoms with E-state index in [-0.39, 0.29) is 12.6 Å². The van der Waals surface area contributed by atoms with Gasteiger partial charge in [0, 0.05) is 18.8 Å². The maximum atomic E-state index is 12.1. The number of rotatable bonds is 44. The van der Waals surface area contributed by atoms with Gasteiger partial charge in [0.25, 0.3) is 0 Å². The van der Waals surface area contributed by atoms with Crippen LogP contribution in [0.2, 0.25) is 0 Å². The van der Waals surface area contributed by atoms with Crippen molar-refractivity contribution in [1.82, 2.24) is 0 Å². The Morgan fingerprint density at radius 2 is 0.667 bits per heavy atom. The van der Waals surface area contributed by atoms with Gasteiger partial charge in [0.15, 0.2) is 0 Å². The number of carbonyl (C=O) groups excluding carboxylic acids is 1. The maximum absolute atomic E-state index is 12.1. The van der Waals surface area contributed by atoms with Crippen LogP contribution >= 0.6 is 0 Å². The third-order valence-corrected chi connectivity index (χ3v) is 7.18. The zero-order valence-corrected chi connectivity index (χ0v) is 33.2. The molecule has 0 heterocycles. The van der Waals surface area contributed by atoms with Crippen molar-refractivity contribution < 1.29 is 66.4 Å². The molecule has 0 saturated carbocycles. The van der Waals surface area contributed by atoms with Crippen molar-refractivity contribution >= 4 is 11.7 Å². The van der Waals surface area contributed by atoms with Crippen molar-refractivity contribution in [1.29, 1.82) is 0 Å². The SMILES string of the molecule is CCCCNc1ccc(C(=O)OCCOCCOCCOCCOCCOCCOCCOCCOCCOCCOCCOCCOCCCC)cc1. The minimum atomic E-state index is -0.362. The van der Waals surface area contributed by atoms with Gasteiger partial charge in [-0.3, -0.25) is 0 Å². The van der Waals surface area contributed by atoms with Crippen LogP contribution in [0, 0.1) is 0 Å². The lowest BCUT2D eigenvalue weighted by Gasteiger charge is -2.09. The highest BCUT2D eigenvalue weighted by molar-refractivity contribution is 5.89. The largest absolute Gasteiger partial charge is 0.460 e. The van der Waals surface area contributed by atoms with Gasteiger partial charge in [-0.15, -0.1) is 0 Å². The Balaban J connectivity index is 1.67. The summed E-state index contributed by atoms with van der Waals surface area (Å²) in [5, 5.41) is 3.32. The number of benzene rings is 1. The Kier molecular flexibility index (Phi) is 39.1. The van der Waals surface area contributed by atoms with Crippen LogP contribution in [-0.2, 0) is 61.6 Å². The third-order valence-electron chi connectivity index (χ3n) is 7.18. The van der Waals surface area contributed by atoms with Gasteiger partial charge in [0.1, 0.15) is 6.61 Å². The molecule has 0 unspecified atom stereocenters. The average Bonchev–Trinajstić information content (AvgIpc) is 3.19. The molecular formula is C39H71NO14. The van der Waals surface area contributed by atoms with Gasteiger partial charge in [-0.2, -0.15) is 0 Å². The Labute approximate surface area is 324 Å². The van der Waals surface area contributed by atoms with Crippen LogP contribution in [0.15, 0.2) is 24.3 Å². The van der Waals surface area contributed by atoms with E-state index in [0.717, 1.165) is 44.5 Å². The third kappa shape index (κ3) is 35.7. The van der Waals surface area contributed by atoms with Crippen LogP contribution < -0.4 is 5.32 Å². The van der Waals surface area contributed by atoms with E-state index in [1.54, 1.807) is 12.1 Å². The number of anilines is 1. The van der Waals surface area contributed by atoms with Crippen LogP contribution in [0.1, 0.15) is 49.9 Å². The van der Waals surface area contributed by atoms with Gasteiger partial charge in [0.05, 0.1) is 158 Å². The quantitative estimate of drug-likeness (QED) is 0.0750. The number of ether oxygens (including phenoxy) is 13. The van der Waals surface area contributed by atoms with E-state index in [9.17, 15) is 4.79 Å². The Morgan fingerprint density at radius 3 is 0.963 bits per heavy atom. The van der Waals surface area contributed by atoms with E-state index in [1.807, 2.05) is 12.1 Å². The molecule has 15 nitrogen and oxygen atoms in total. The Morgan fingerprint density at radius 1 is 0.389 bits per heavy atom. The second-order valence-corrected chi connectivity index (χ2v) is 11.7. The fourth-order valence-electron chi connectivity index (χ4n) is 4.18. The first-order valence-electron chi connectivity index (χ1n) is 19.7. The summed E-state index contributed by atoms with van der Waals surface area (Å²) in [6.45, 7) is 17.7. The van der Waals surface area contributed by atoms with Crippen LogP contribution in [0.5, 0.6) is 0 Å². The van der Waals surface area contributed by atoms with E-state index >= 15 is 0 Å². The molecule has 0 fully saturated rings. The molecule has 0 aliphatic rings. The smallest absolute Gasteiger partial charge is 0.338 e. The summed E-state index contributed by atoms with van der Waals surface area (Å²) in [4.78, 5) is 12.1. The van der Waals surface area contributed by atoms with Gasteiger partial charge in [0.2, 0.25) is 0 Å². The van der Waals surface area contributed by atoms with Crippen molar-refractivity contribution in [2.75, 3.05) is 177 Å².